The monoisotopic (exact) mass is 1150 g/mol. The summed E-state index contributed by atoms with van der Waals surface area (Å²) in [5, 5.41) is 0. The van der Waals surface area contributed by atoms with E-state index in [-0.39, 0.29) is 11.8 Å². The Morgan fingerprint density at radius 2 is 0.452 bits per heavy atom. The van der Waals surface area contributed by atoms with E-state index in [4.69, 9.17) is 0 Å². The van der Waals surface area contributed by atoms with E-state index in [1.165, 1.54) is 25.7 Å². The standard InChI is InChI=1S/3C13H18O2.C12H16O2.C11H14O2.C10H12O2/c14-7-1-3-12-10-5-6-11(9-10)13(12)4-2-8-15;14-7-2-1-3-12-10-4-5-11(9-10)13(12)6-8-15;14-7-3-1-2-4-12-10-5-6-11(8-10)13(12)9-15;13-6-1-2-11-9-3-4-10(8-9)12(11)5-7-14;12-5-3-10-8-1-2-9(7-8)11(10)4-6-13;11-4-3-9-7-1-2-8(5-7)10(9)6-12/h5-8,10-13H,1-4,9H2;4-5,7-8,10-13H,1-3,6,9H2;5-7,9-13H,1-4,8H2;3-4,6-7,9-12H,1-2,5,8H2;1-2,5-6,8-11H,3-4,7H2;1-2,4,6-10H,3,5H2. The first kappa shape index (κ1) is 66.0. The lowest BCUT2D eigenvalue weighted by Gasteiger charge is -2.27. The minimum Gasteiger partial charge on any atom is -0.303 e. The number of carbonyl (C=O) groups is 12. The Labute approximate surface area is 499 Å². The molecule has 12 nitrogen and oxygen atoms in total. The van der Waals surface area contributed by atoms with Crippen molar-refractivity contribution in [2.24, 2.45) is 142 Å². The number of rotatable bonds is 30. The average molecular weight is 1150 g/mol. The van der Waals surface area contributed by atoms with Gasteiger partial charge in [-0.15, -0.1) is 0 Å². The van der Waals surface area contributed by atoms with Crippen LogP contribution in [0, 0.1) is 142 Å². The fourth-order valence-electron chi connectivity index (χ4n) is 18.7. The summed E-state index contributed by atoms with van der Waals surface area (Å²) in [5.41, 5.74) is 0. The molecule has 12 aliphatic carbocycles. The molecular weight excluding hydrogens is 1060 g/mol. The Bertz CT molecular complexity index is 2330. The van der Waals surface area contributed by atoms with Gasteiger partial charge in [0.15, 0.2) is 0 Å². The molecule has 12 bridgehead atoms. The van der Waals surface area contributed by atoms with Crippen molar-refractivity contribution in [2.75, 3.05) is 0 Å². The summed E-state index contributed by atoms with van der Waals surface area (Å²) >= 11 is 0. The van der Waals surface area contributed by atoms with E-state index < -0.39 is 0 Å². The SMILES string of the molecule is O=CCC1C2C=CC(C2)C1C=O.O=CCC1C2C=CC(C2)C1CC=O.O=CCCC1C2C=CC(C2)C1CC=O.O=CCCC1C2C=CC(C2)C1CCC=O.O=CCCCC1C2C=CC(C2)C1CC=O.O=CCCCCC1C2C=CC(C2)C1C=O. The molecule has 6 saturated carbocycles. The molecule has 12 heteroatoms. The summed E-state index contributed by atoms with van der Waals surface area (Å²) < 4.78 is 0. The maximum Gasteiger partial charge on any atom is 0.123 e. The zero-order valence-electron chi connectivity index (χ0n) is 49.6. The fourth-order valence-corrected chi connectivity index (χ4v) is 18.7. The van der Waals surface area contributed by atoms with Gasteiger partial charge in [-0.1, -0.05) is 79.3 Å². The van der Waals surface area contributed by atoms with Gasteiger partial charge < -0.3 is 57.5 Å². The molecule has 0 aromatic rings. The second-order valence-corrected chi connectivity index (χ2v) is 26.5. The van der Waals surface area contributed by atoms with Crippen molar-refractivity contribution in [2.45, 2.75) is 154 Å². The normalized spacial score (nSPS) is 38.9. The molecule has 0 aromatic carbocycles. The first-order chi connectivity index (χ1) is 41.2. The Balaban J connectivity index is 0.000000145. The van der Waals surface area contributed by atoms with Crippen LogP contribution in [-0.4, -0.2) is 75.4 Å². The van der Waals surface area contributed by atoms with Gasteiger partial charge in [0.1, 0.15) is 75.4 Å². The number of aldehydes is 12. The number of hydrogen-bond acceptors (Lipinski definition) is 12. The third kappa shape index (κ3) is 16.5. The van der Waals surface area contributed by atoms with Crippen molar-refractivity contribution >= 4 is 75.4 Å². The van der Waals surface area contributed by atoms with Crippen LogP contribution in [0.5, 0.6) is 0 Å². The van der Waals surface area contributed by atoms with Gasteiger partial charge in [0.2, 0.25) is 0 Å². The van der Waals surface area contributed by atoms with Crippen molar-refractivity contribution in [3.05, 3.63) is 72.9 Å². The summed E-state index contributed by atoms with van der Waals surface area (Å²) in [6.07, 6.45) is 61.2. The highest BCUT2D eigenvalue weighted by atomic mass is 16.1. The van der Waals surface area contributed by atoms with Crippen LogP contribution in [-0.2, 0) is 57.5 Å². The fraction of sp³-hybridized carbons (Fsp3) is 0.667. The highest BCUT2D eigenvalue weighted by Gasteiger charge is 2.48. The molecule has 12 aliphatic rings. The first-order valence-electron chi connectivity index (χ1n) is 32.6. The van der Waals surface area contributed by atoms with Gasteiger partial charge in [-0.05, 0) is 214 Å². The number of allylic oxidation sites excluding steroid dienone is 12. The van der Waals surface area contributed by atoms with Crippen molar-refractivity contribution in [3.63, 3.8) is 0 Å². The minimum atomic E-state index is 0.116. The third-order valence-electron chi connectivity index (χ3n) is 22.6. The lowest BCUT2D eigenvalue weighted by atomic mass is 9.78. The quantitative estimate of drug-likeness (QED) is 0.0374. The molecule has 456 valence electrons. The first-order valence-corrected chi connectivity index (χ1v) is 32.6. The zero-order valence-corrected chi connectivity index (χ0v) is 49.6. The molecule has 12 rings (SSSR count). The second-order valence-electron chi connectivity index (χ2n) is 26.5. The molecule has 24 atom stereocenters. The van der Waals surface area contributed by atoms with E-state index >= 15 is 0 Å². The number of carbonyl (C=O) groups excluding carboxylic acids is 12. The smallest absolute Gasteiger partial charge is 0.123 e. The van der Waals surface area contributed by atoms with E-state index in [1.54, 1.807) is 0 Å². The second kappa shape index (κ2) is 34.6. The number of fused-ring (bicyclic) bond motifs is 12. The van der Waals surface area contributed by atoms with Crippen molar-refractivity contribution in [1.29, 1.82) is 0 Å². The maximum absolute atomic E-state index is 11.0. The summed E-state index contributed by atoms with van der Waals surface area (Å²) in [5.74, 6) is 12.9. The highest BCUT2D eigenvalue weighted by molar-refractivity contribution is 5.60. The lowest BCUT2D eigenvalue weighted by molar-refractivity contribution is -0.115. The van der Waals surface area contributed by atoms with E-state index in [0.717, 1.165) is 140 Å². The number of unbranched alkanes of at least 4 members (excludes halogenated alkanes) is 3. The summed E-state index contributed by atoms with van der Waals surface area (Å²) in [6.45, 7) is 0. The van der Waals surface area contributed by atoms with Gasteiger partial charge in [-0.3, -0.25) is 0 Å². The molecule has 0 N–H and O–H groups in total. The van der Waals surface area contributed by atoms with E-state index in [2.05, 4.69) is 72.9 Å². The Kier molecular flexibility index (Phi) is 27.2. The summed E-state index contributed by atoms with van der Waals surface area (Å²) in [7, 11) is 0. The van der Waals surface area contributed by atoms with Gasteiger partial charge in [-0.25, -0.2) is 0 Å². The van der Waals surface area contributed by atoms with E-state index in [1.807, 2.05) is 0 Å². The summed E-state index contributed by atoms with van der Waals surface area (Å²) in [4.78, 5) is 126. The molecule has 0 amide bonds. The third-order valence-corrected chi connectivity index (χ3v) is 22.6. The van der Waals surface area contributed by atoms with Crippen molar-refractivity contribution < 1.29 is 57.5 Å². The van der Waals surface area contributed by atoms with Gasteiger partial charge in [0.05, 0.1) is 0 Å². The van der Waals surface area contributed by atoms with Crippen molar-refractivity contribution in [1.82, 2.24) is 0 Å². The lowest BCUT2D eigenvalue weighted by Crippen LogP contribution is -2.20. The van der Waals surface area contributed by atoms with Gasteiger partial charge >= 0.3 is 0 Å². The molecule has 84 heavy (non-hydrogen) atoms. The van der Waals surface area contributed by atoms with Crippen LogP contribution >= 0.6 is 0 Å². The van der Waals surface area contributed by atoms with Crippen LogP contribution in [0.15, 0.2) is 72.9 Å². The highest BCUT2D eigenvalue weighted by Crippen LogP contribution is 2.55. The van der Waals surface area contributed by atoms with Gasteiger partial charge in [0.25, 0.3) is 0 Å². The molecule has 0 saturated heterocycles. The van der Waals surface area contributed by atoms with E-state index in [9.17, 15) is 57.5 Å². The molecular formula is C72H96O12. The number of hydrogen-bond donors (Lipinski definition) is 0. The molecule has 0 radical (unpaired) electrons. The Morgan fingerprint density at radius 3 is 0.798 bits per heavy atom. The van der Waals surface area contributed by atoms with Crippen LogP contribution < -0.4 is 0 Å². The van der Waals surface area contributed by atoms with Crippen LogP contribution in [0.3, 0.4) is 0 Å². The predicted octanol–water partition coefficient (Wildman–Crippen LogP) is 12.0. The Hall–Kier alpha value is -5.52. The molecule has 6 fully saturated rings. The maximum atomic E-state index is 11.0. The van der Waals surface area contributed by atoms with E-state index in [0.29, 0.717) is 194 Å². The van der Waals surface area contributed by atoms with Crippen LogP contribution in [0.1, 0.15) is 154 Å². The zero-order chi connectivity index (χ0) is 59.8. The molecule has 24 unspecified atom stereocenters. The van der Waals surface area contributed by atoms with Crippen molar-refractivity contribution in [3.8, 4) is 0 Å². The van der Waals surface area contributed by atoms with Crippen LogP contribution in [0.2, 0.25) is 0 Å². The minimum absolute atomic E-state index is 0.116. The average Bonchev–Trinajstić information content (AvgIpc) is 4.57. The topological polar surface area (TPSA) is 205 Å². The van der Waals surface area contributed by atoms with Gasteiger partial charge in [0, 0.05) is 76.0 Å². The van der Waals surface area contributed by atoms with Crippen LogP contribution in [0.25, 0.3) is 0 Å². The van der Waals surface area contributed by atoms with Crippen LogP contribution in [0.4, 0.5) is 0 Å². The molecule has 0 heterocycles. The largest absolute Gasteiger partial charge is 0.303 e. The predicted molar refractivity (Wildman–Crippen MR) is 322 cm³/mol. The molecule has 0 aliphatic heterocycles. The molecule has 0 aromatic heterocycles. The summed E-state index contributed by atoms with van der Waals surface area (Å²) in [6, 6.07) is 0. The Morgan fingerprint density at radius 1 is 0.214 bits per heavy atom. The molecule has 0 spiro atoms. The van der Waals surface area contributed by atoms with Gasteiger partial charge in [-0.2, -0.15) is 0 Å².